The quantitative estimate of drug-likeness (QED) is 0.746. The summed E-state index contributed by atoms with van der Waals surface area (Å²) in [7, 11) is 0. The van der Waals surface area contributed by atoms with Crippen molar-refractivity contribution in [1.82, 2.24) is 5.32 Å². The lowest BCUT2D eigenvalue weighted by molar-refractivity contribution is 0.152. The Morgan fingerprint density at radius 1 is 1.18 bits per heavy atom. The van der Waals surface area contributed by atoms with Gasteiger partial charge in [0.05, 0.1) is 0 Å². The maximum absolute atomic E-state index is 5.82. The van der Waals surface area contributed by atoms with Crippen LogP contribution in [0.5, 0.6) is 0 Å². The SMILES string of the molecule is CC(C)(CNCC1(CN)CC1)C1CCCCC1. The van der Waals surface area contributed by atoms with Gasteiger partial charge in [0, 0.05) is 13.1 Å². The molecule has 0 atom stereocenters. The zero-order valence-corrected chi connectivity index (χ0v) is 11.7. The average molecular weight is 238 g/mol. The Balaban J connectivity index is 1.72. The molecule has 17 heavy (non-hydrogen) atoms. The summed E-state index contributed by atoms with van der Waals surface area (Å²) in [5.41, 5.74) is 6.76. The summed E-state index contributed by atoms with van der Waals surface area (Å²) in [6.07, 6.45) is 9.89. The van der Waals surface area contributed by atoms with Crippen LogP contribution in [0.15, 0.2) is 0 Å². The van der Waals surface area contributed by atoms with Gasteiger partial charge in [-0.05, 0) is 49.0 Å². The first-order valence-corrected chi connectivity index (χ1v) is 7.49. The summed E-state index contributed by atoms with van der Waals surface area (Å²) in [6.45, 7) is 8.05. The molecule has 2 heteroatoms. The van der Waals surface area contributed by atoms with E-state index in [9.17, 15) is 0 Å². The summed E-state index contributed by atoms with van der Waals surface area (Å²) in [4.78, 5) is 0. The monoisotopic (exact) mass is 238 g/mol. The van der Waals surface area contributed by atoms with Gasteiger partial charge >= 0.3 is 0 Å². The molecular formula is C15H30N2. The highest BCUT2D eigenvalue weighted by Gasteiger charge is 2.41. The van der Waals surface area contributed by atoms with E-state index in [1.54, 1.807) is 0 Å². The predicted octanol–water partition coefficient (Wildman–Crippen LogP) is 2.92. The van der Waals surface area contributed by atoms with Crippen LogP contribution in [0.1, 0.15) is 58.8 Å². The first-order valence-electron chi connectivity index (χ1n) is 7.49. The Hall–Kier alpha value is -0.0800. The topological polar surface area (TPSA) is 38.0 Å². The van der Waals surface area contributed by atoms with E-state index < -0.39 is 0 Å². The van der Waals surface area contributed by atoms with E-state index in [2.05, 4.69) is 19.2 Å². The van der Waals surface area contributed by atoms with Crippen LogP contribution in [-0.2, 0) is 0 Å². The fourth-order valence-corrected chi connectivity index (χ4v) is 3.31. The third kappa shape index (κ3) is 3.45. The van der Waals surface area contributed by atoms with Crippen LogP contribution in [0, 0.1) is 16.7 Å². The van der Waals surface area contributed by atoms with Gasteiger partial charge in [0.15, 0.2) is 0 Å². The van der Waals surface area contributed by atoms with Gasteiger partial charge in [-0.2, -0.15) is 0 Å². The van der Waals surface area contributed by atoms with Gasteiger partial charge in [0.25, 0.3) is 0 Å². The van der Waals surface area contributed by atoms with Crippen LogP contribution in [-0.4, -0.2) is 19.6 Å². The third-order valence-electron chi connectivity index (χ3n) is 5.18. The number of hydrogen-bond donors (Lipinski definition) is 2. The van der Waals surface area contributed by atoms with Crippen molar-refractivity contribution in [3.63, 3.8) is 0 Å². The molecule has 2 aliphatic rings. The van der Waals surface area contributed by atoms with E-state index in [4.69, 9.17) is 5.73 Å². The second-order valence-electron chi connectivity index (χ2n) is 7.13. The van der Waals surface area contributed by atoms with Crippen molar-refractivity contribution in [1.29, 1.82) is 0 Å². The zero-order chi connectivity index (χ0) is 12.4. The molecule has 0 aromatic heterocycles. The van der Waals surface area contributed by atoms with Gasteiger partial charge in [-0.25, -0.2) is 0 Å². The molecule has 2 nitrogen and oxygen atoms in total. The summed E-state index contributed by atoms with van der Waals surface area (Å²) in [5, 5.41) is 3.70. The first-order chi connectivity index (χ1) is 8.08. The van der Waals surface area contributed by atoms with E-state index in [0.717, 1.165) is 19.0 Å². The fourth-order valence-electron chi connectivity index (χ4n) is 3.31. The normalized spacial score (nSPS) is 24.9. The number of hydrogen-bond acceptors (Lipinski definition) is 2. The van der Waals surface area contributed by atoms with Crippen LogP contribution in [0.2, 0.25) is 0 Å². The van der Waals surface area contributed by atoms with Crippen molar-refractivity contribution in [3.05, 3.63) is 0 Å². The number of rotatable bonds is 6. The van der Waals surface area contributed by atoms with Crippen molar-refractivity contribution in [2.75, 3.05) is 19.6 Å². The highest BCUT2D eigenvalue weighted by Crippen LogP contribution is 2.44. The maximum atomic E-state index is 5.82. The molecule has 0 saturated heterocycles. The molecule has 2 rings (SSSR count). The molecule has 2 aliphatic carbocycles. The van der Waals surface area contributed by atoms with Crippen molar-refractivity contribution in [2.45, 2.75) is 58.8 Å². The van der Waals surface area contributed by atoms with E-state index in [1.807, 2.05) is 0 Å². The number of nitrogens with one attached hydrogen (secondary N) is 1. The van der Waals surface area contributed by atoms with Crippen molar-refractivity contribution >= 4 is 0 Å². The molecule has 3 N–H and O–H groups in total. The number of nitrogens with two attached hydrogens (primary N) is 1. The standard InChI is InChI=1S/C15H30N2/c1-14(2,13-6-4-3-5-7-13)11-17-12-15(10-16)8-9-15/h13,17H,3-12,16H2,1-2H3. The Morgan fingerprint density at radius 3 is 2.35 bits per heavy atom. The molecule has 0 bridgehead atoms. The summed E-state index contributed by atoms with van der Waals surface area (Å²) in [5.74, 6) is 0.928. The molecule has 0 spiro atoms. The molecule has 0 amide bonds. The molecular weight excluding hydrogens is 208 g/mol. The van der Waals surface area contributed by atoms with Gasteiger partial charge in [-0.15, -0.1) is 0 Å². The molecule has 0 unspecified atom stereocenters. The van der Waals surface area contributed by atoms with Crippen molar-refractivity contribution < 1.29 is 0 Å². The van der Waals surface area contributed by atoms with E-state index in [0.29, 0.717) is 10.8 Å². The van der Waals surface area contributed by atoms with Crippen molar-refractivity contribution in [2.24, 2.45) is 22.5 Å². The zero-order valence-electron chi connectivity index (χ0n) is 11.7. The van der Waals surface area contributed by atoms with E-state index in [1.165, 1.54) is 51.5 Å². The van der Waals surface area contributed by atoms with Crippen LogP contribution >= 0.6 is 0 Å². The first kappa shape index (κ1) is 13.4. The second-order valence-corrected chi connectivity index (χ2v) is 7.13. The highest BCUT2D eigenvalue weighted by atomic mass is 14.9. The minimum Gasteiger partial charge on any atom is -0.330 e. The smallest absolute Gasteiger partial charge is 0.00201 e. The molecule has 0 aromatic carbocycles. The molecule has 2 fully saturated rings. The van der Waals surface area contributed by atoms with Crippen LogP contribution in [0.3, 0.4) is 0 Å². The summed E-state index contributed by atoms with van der Waals surface area (Å²) < 4.78 is 0. The third-order valence-corrected chi connectivity index (χ3v) is 5.18. The van der Waals surface area contributed by atoms with E-state index >= 15 is 0 Å². The van der Waals surface area contributed by atoms with E-state index in [-0.39, 0.29) is 0 Å². The Kier molecular flexibility index (Phi) is 4.14. The lowest BCUT2D eigenvalue weighted by atomic mass is 9.71. The second kappa shape index (κ2) is 5.27. The highest BCUT2D eigenvalue weighted by molar-refractivity contribution is 4.96. The molecule has 100 valence electrons. The minimum absolute atomic E-state index is 0.463. The fraction of sp³-hybridized carbons (Fsp3) is 1.00. The Labute approximate surface area is 107 Å². The van der Waals surface area contributed by atoms with Gasteiger partial charge in [-0.3, -0.25) is 0 Å². The maximum Gasteiger partial charge on any atom is 0.00201 e. The molecule has 0 heterocycles. The lowest BCUT2D eigenvalue weighted by Gasteiger charge is -2.37. The minimum atomic E-state index is 0.463. The molecule has 0 aliphatic heterocycles. The average Bonchev–Trinajstić information content (AvgIpc) is 3.11. The summed E-state index contributed by atoms with van der Waals surface area (Å²) in [6, 6.07) is 0. The largest absolute Gasteiger partial charge is 0.330 e. The molecule has 0 aromatic rings. The van der Waals surface area contributed by atoms with Gasteiger partial charge < -0.3 is 11.1 Å². The molecule has 0 radical (unpaired) electrons. The predicted molar refractivity (Wildman–Crippen MR) is 73.9 cm³/mol. The van der Waals surface area contributed by atoms with Gasteiger partial charge in [0.2, 0.25) is 0 Å². The lowest BCUT2D eigenvalue weighted by Crippen LogP contribution is -2.40. The Morgan fingerprint density at radius 2 is 1.82 bits per heavy atom. The Bertz CT molecular complexity index is 237. The van der Waals surface area contributed by atoms with Gasteiger partial charge in [0.1, 0.15) is 0 Å². The van der Waals surface area contributed by atoms with Crippen LogP contribution in [0.4, 0.5) is 0 Å². The van der Waals surface area contributed by atoms with Crippen LogP contribution in [0.25, 0.3) is 0 Å². The molecule has 2 saturated carbocycles. The van der Waals surface area contributed by atoms with Crippen LogP contribution < -0.4 is 11.1 Å². The summed E-state index contributed by atoms with van der Waals surface area (Å²) >= 11 is 0. The van der Waals surface area contributed by atoms with Gasteiger partial charge in [-0.1, -0.05) is 33.1 Å². The van der Waals surface area contributed by atoms with Crippen molar-refractivity contribution in [3.8, 4) is 0 Å².